The van der Waals surface area contributed by atoms with Gasteiger partial charge in [-0.05, 0) is 0 Å². The second kappa shape index (κ2) is 4.10. The Balaban J connectivity index is 2.60. The highest BCUT2D eigenvalue weighted by atomic mass is 32.2. The molecule has 1 N–H and O–H groups in total. The summed E-state index contributed by atoms with van der Waals surface area (Å²) in [5.74, 6) is -1.53. The standard InChI is InChI=1S/C8H11NO4S/c1-4(2)8(12)14-5-3-6(10)9(13)7(5)11/h4-5,13H,3H2,1-2H3. The van der Waals surface area contributed by atoms with Crippen molar-refractivity contribution in [2.45, 2.75) is 25.5 Å². The fourth-order valence-electron chi connectivity index (χ4n) is 0.960. The fourth-order valence-corrected chi connectivity index (χ4v) is 1.94. The van der Waals surface area contributed by atoms with Crippen LogP contribution < -0.4 is 0 Å². The van der Waals surface area contributed by atoms with Crippen LogP contribution in [0.2, 0.25) is 0 Å². The molecule has 1 heterocycles. The summed E-state index contributed by atoms with van der Waals surface area (Å²) in [6, 6.07) is 0. The van der Waals surface area contributed by atoms with Gasteiger partial charge < -0.3 is 0 Å². The van der Waals surface area contributed by atoms with E-state index in [1.54, 1.807) is 13.8 Å². The predicted molar refractivity (Wildman–Crippen MR) is 49.5 cm³/mol. The van der Waals surface area contributed by atoms with Crippen LogP contribution >= 0.6 is 11.8 Å². The van der Waals surface area contributed by atoms with E-state index in [1.807, 2.05) is 0 Å². The van der Waals surface area contributed by atoms with Gasteiger partial charge in [0.15, 0.2) is 5.12 Å². The molecule has 0 aliphatic carbocycles. The third kappa shape index (κ3) is 2.13. The van der Waals surface area contributed by atoms with E-state index >= 15 is 0 Å². The second-order valence-corrected chi connectivity index (χ2v) is 4.54. The summed E-state index contributed by atoms with van der Waals surface area (Å²) in [6.45, 7) is 3.43. The molecular formula is C8H11NO4S. The number of carbonyl (C=O) groups is 3. The summed E-state index contributed by atoms with van der Waals surface area (Å²) in [7, 11) is 0. The lowest BCUT2D eigenvalue weighted by molar-refractivity contribution is -0.171. The van der Waals surface area contributed by atoms with Crippen LogP contribution in [-0.4, -0.2) is 32.5 Å². The van der Waals surface area contributed by atoms with Crippen molar-refractivity contribution in [3.05, 3.63) is 0 Å². The summed E-state index contributed by atoms with van der Waals surface area (Å²) in [5, 5.41) is 8.09. The molecule has 0 radical (unpaired) electrons. The summed E-state index contributed by atoms with van der Waals surface area (Å²) in [5.41, 5.74) is 0. The minimum atomic E-state index is -0.748. The van der Waals surface area contributed by atoms with Gasteiger partial charge in [-0.25, -0.2) is 0 Å². The average molecular weight is 217 g/mol. The van der Waals surface area contributed by atoms with Gasteiger partial charge >= 0.3 is 0 Å². The molecule has 1 rings (SSSR count). The smallest absolute Gasteiger partial charge is 0.267 e. The molecule has 5 nitrogen and oxygen atoms in total. The lowest BCUT2D eigenvalue weighted by atomic mass is 10.3. The molecule has 0 aromatic heterocycles. The Kier molecular flexibility index (Phi) is 3.28. The predicted octanol–water partition coefficient (Wildman–Crippen LogP) is 0.419. The minimum absolute atomic E-state index is 0.0886. The van der Waals surface area contributed by atoms with Crippen molar-refractivity contribution in [1.82, 2.24) is 5.06 Å². The molecule has 14 heavy (non-hydrogen) atoms. The van der Waals surface area contributed by atoms with E-state index < -0.39 is 17.1 Å². The quantitative estimate of drug-likeness (QED) is 0.536. The van der Waals surface area contributed by atoms with Crippen LogP contribution in [0.1, 0.15) is 20.3 Å². The van der Waals surface area contributed by atoms with E-state index in [4.69, 9.17) is 5.21 Å². The first kappa shape index (κ1) is 11.2. The molecular weight excluding hydrogens is 206 g/mol. The van der Waals surface area contributed by atoms with Gasteiger partial charge in [-0.15, -0.1) is 0 Å². The third-order valence-electron chi connectivity index (χ3n) is 1.81. The topological polar surface area (TPSA) is 74.7 Å². The summed E-state index contributed by atoms with van der Waals surface area (Å²) < 4.78 is 0. The highest BCUT2D eigenvalue weighted by Gasteiger charge is 2.40. The first-order valence-corrected chi connectivity index (χ1v) is 5.07. The Labute approximate surface area is 85.4 Å². The number of carbonyl (C=O) groups excluding carboxylic acids is 3. The third-order valence-corrected chi connectivity index (χ3v) is 3.17. The SMILES string of the molecule is CC(C)C(=O)SC1CC(=O)N(O)C1=O. The van der Waals surface area contributed by atoms with Crippen molar-refractivity contribution in [2.24, 2.45) is 5.92 Å². The number of thioether (sulfide) groups is 1. The Hall–Kier alpha value is -0.880. The average Bonchev–Trinajstić information content (AvgIpc) is 2.33. The first-order valence-electron chi connectivity index (χ1n) is 4.19. The molecule has 2 amide bonds. The maximum absolute atomic E-state index is 11.3. The molecule has 0 bridgehead atoms. The van der Waals surface area contributed by atoms with Crippen molar-refractivity contribution in [3.8, 4) is 0 Å². The van der Waals surface area contributed by atoms with Gasteiger partial charge in [0.2, 0.25) is 0 Å². The molecule has 78 valence electrons. The number of hydrogen-bond acceptors (Lipinski definition) is 5. The van der Waals surface area contributed by atoms with Crippen LogP contribution in [0, 0.1) is 5.92 Å². The second-order valence-electron chi connectivity index (χ2n) is 3.33. The largest absolute Gasteiger partial charge is 0.287 e. The van der Waals surface area contributed by atoms with Crippen molar-refractivity contribution in [1.29, 1.82) is 0 Å². The normalized spacial score (nSPS) is 22.3. The monoisotopic (exact) mass is 217 g/mol. The molecule has 1 saturated heterocycles. The van der Waals surface area contributed by atoms with Crippen molar-refractivity contribution in [2.75, 3.05) is 0 Å². The summed E-state index contributed by atoms with van der Waals surface area (Å²) >= 11 is 0.820. The van der Waals surface area contributed by atoms with E-state index in [1.165, 1.54) is 0 Å². The van der Waals surface area contributed by atoms with Crippen LogP contribution in [0.25, 0.3) is 0 Å². The van der Waals surface area contributed by atoms with Gasteiger partial charge in [0.25, 0.3) is 11.8 Å². The molecule has 0 aromatic rings. The zero-order valence-electron chi connectivity index (χ0n) is 7.89. The number of nitrogens with zero attached hydrogens (tertiary/aromatic N) is 1. The molecule has 1 fully saturated rings. The highest BCUT2D eigenvalue weighted by Crippen LogP contribution is 2.26. The van der Waals surface area contributed by atoms with Crippen LogP contribution in [0.4, 0.5) is 0 Å². The number of hydroxylamine groups is 2. The number of rotatable bonds is 2. The van der Waals surface area contributed by atoms with Gasteiger partial charge in [0.1, 0.15) is 5.25 Å². The number of amides is 2. The first-order chi connectivity index (χ1) is 6.43. The van der Waals surface area contributed by atoms with Gasteiger partial charge in [-0.3, -0.25) is 19.6 Å². The summed E-state index contributed by atoms with van der Waals surface area (Å²) in [4.78, 5) is 33.3. The lowest BCUT2D eigenvalue weighted by Gasteiger charge is -2.07. The lowest BCUT2D eigenvalue weighted by Crippen LogP contribution is -2.28. The zero-order valence-corrected chi connectivity index (χ0v) is 8.71. The Morgan fingerprint density at radius 3 is 2.50 bits per heavy atom. The highest BCUT2D eigenvalue weighted by molar-refractivity contribution is 8.14. The Bertz CT molecular complexity index is 289. The van der Waals surface area contributed by atoms with E-state index in [2.05, 4.69) is 0 Å². The minimum Gasteiger partial charge on any atom is -0.287 e. The van der Waals surface area contributed by atoms with Crippen molar-refractivity contribution >= 4 is 28.7 Å². The molecule has 0 spiro atoms. The molecule has 6 heteroatoms. The fraction of sp³-hybridized carbons (Fsp3) is 0.625. The zero-order chi connectivity index (χ0) is 10.9. The molecule has 1 aliphatic rings. The van der Waals surface area contributed by atoms with Crippen LogP contribution in [0.15, 0.2) is 0 Å². The van der Waals surface area contributed by atoms with Gasteiger partial charge in [-0.2, -0.15) is 5.06 Å². The van der Waals surface area contributed by atoms with Gasteiger partial charge in [0, 0.05) is 5.92 Å². The maximum atomic E-state index is 11.3. The molecule has 1 aliphatic heterocycles. The van der Waals surface area contributed by atoms with Crippen LogP contribution in [-0.2, 0) is 14.4 Å². The van der Waals surface area contributed by atoms with E-state index in [0.717, 1.165) is 11.8 Å². The van der Waals surface area contributed by atoms with Gasteiger partial charge in [0.05, 0.1) is 6.42 Å². The van der Waals surface area contributed by atoms with Crippen LogP contribution in [0.5, 0.6) is 0 Å². The summed E-state index contributed by atoms with van der Waals surface area (Å²) in [6.07, 6.45) is -0.0988. The van der Waals surface area contributed by atoms with E-state index in [0.29, 0.717) is 0 Å². The molecule has 1 atom stereocenters. The molecule has 0 aromatic carbocycles. The Morgan fingerprint density at radius 2 is 2.14 bits per heavy atom. The van der Waals surface area contributed by atoms with Crippen molar-refractivity contribution < 1.29 is 19.6 Å². The maximum Gasteiger partial charge on any atom is 0.267 e. The van der Waals surface area contributed by atoms with Crippen LogP contribution in [0.3, 0.4) is 0 Å². The van der Waals surface area contributed by atoms with E-state index in [-0.39, 0.29) is 22.5 Å². The number of hydrogen-bond donors (Lipinski definition) is 1. The number of imide groups is 1. The molecule has 0 saturated carbocycles. The van der Waals surface area contributed by atoms with Crippen molar-refractivity contribution in [3.63, 3.8) is 0 Å². The van der Waals surface area contributed by atoms with Gasteiger partial charge in [-0.1, -0.05) is 25.6 Å². The molecule has 1 unspecified atom stereocenters. The van der Waals surface area contributed by atoms with E-state index in [9.17, 15) is 14.4 Å². The Morgan fingerprint density at radius 1 is 1.57 bits per heavy atom.